The topological polar surface area (TPSA) is 23.6 Å². The zero-order valence-electron chi connectivity index (χ0n) is 12.1. The Balaban J connectivity index is 2.87. The lowest BCUT2D eigenvalue weighted by atomic mass is 9.95. The van der Waals surface area contributed by atoms with Crippen LogP contribution < -0.4 is 0 Å². The van der Waals surface area contributed by atoms with Crippen LogP contribution in [0.2, 0.25) is 0 Å². The Morgan fingerprint density at radius 3 is 2.11 bits per heavy atom. The fourth-order valence-corrected chi connectivity index (χ4v) is 2.14. The lowest BCUT2D eigenvalue weighted by Gasteiger charge is -2.23. The van der Waals surface area contributed by atoms with Crippen LogP contribution in [0.4, 0.5) is 0 Å². The first-order valence-electron chi connectivity index (χ1n) is 6.30. The summed E-state index contributed by atoms with van der Waals surface area (Å²) >= 11 is 0. The first kappa shape index (κ1) is 14.9. The molecule has 0 radical (unpaired) electrons. The van der Waals surface area contributed by atoms with Gasteiger partial charge in [-0.1, -0.05) is 23.8 Å². The molecule has 1 aromatic rings. The van der Waals surface area contributed by atoms with Crippen LogP contribution in [0.3, 0.4) is 0 Å². The second-order valence-electron chi connectivity index (χ2n) is 5.46. The molecule has 0 aliphatic carbocycles. The zero-order valence-corrected chi connectivity index (χ0v) is 12.1. The van der Waals surface area contributed by atoms with Crippen LogP contribution in [0.15, 0.2) is 24.3 Å². The molecule has 18 heavy (non-hydrogen) atoms. The summed E-state index contributed by atoms with van der Waals surface area (Å²) < 4.78 is 0. The monoisotopic (exact) mass is 248 g/mol. The highest BCUT2D eigenvalue weighted by atomic mass is 16.1. The molecule has 1 aromatic carbocycles. The average molecular weight is 248 g/mol. The lowest BCUT2D eigenvalue weighted by Crippen LogP contribution is -2.35. The summed E-state index contributed by atoms with van der Waals surface area (Å²) in [5.41, 5.74) is 1.96. The van der Waals surface area contributed by atoms with Gasteiger partial charge in [-0.15, -0.1) is 0 Å². The first-order chi connectivity index (χ1) is 8.40. The molecule has 1 rings (SSSR count). The van der Waals surface area contributed by atoms with E-state index < -0.39 is 0 Å². The maximum Gasteiger partial charge on any atom is 0.168 e. The van der Waals surface area contributed by atoms with E-state index >= 15 is 0 Å². The van der Waals surface area contributed by atoms with Gasteiger partial charge < -0.3 is 9.80 Å². The second kappa shape index (κ2) is 6.66. The molecule has 0 N–H and O–H groups in total. The number of rotatable bonds is 6. The minimum atomic E-state index is 0.0248. The molecule has 0 bridgehead atoms. The van der Waals surface area contributed by atoms with Crippen LogP contribution in [-0.4, -0.2) is 56.9 Å². The Kier molecular flexibility index (Phi) is 5.51. The lowest BCUT2D eigenvalue weighted by molar-refractivity contribution is 0.0870. The Labute approximate surface area is 110 Å². The maximum atomic E-state index is 12.5. The molecule has 0 heterocycles. The van der Waals surface area contributed by atoms with Crippen LogP contribution in [0, 0.1) is 12.8 Å². The summed E-state index contributed by atoms with van der Waals surface area (Å²) in [6.07, 6.45) is 0. The van der Waals surface area contributed by atoms with E-state index in [4.69, 9.17) is 0 Å². The van der Waals surface area contributed by atoms with Crippen molar-refractivity contribution in [2.24, 2.45) is 5.92 Å². The Morgan fingerprint density at radius 1 is 1.11 bits per heavy atom. The van der Waals surface area contributed by atoms with E-state index in [-0.39, 0.29) is 11.7 Å². The van der Waals surface area contributed by atoms with Crippen molar-refractivity contribution in [3.8, 4) is 0 Å². The van der Waals surface area contributed by atoms with Crippen LogP contribution in [0.5, 0.6) is 0 Å². The van der Waals surface area contributed by atoms with Gasteiger partial charge in [-0.05, 0) is 41.2 Å². The van der Waals surface area contributed by atoms with E-state index in [2.05, 4.69) is 9.80 Å². The van der Waals surface area contributed by atoms with Crippen molar-refractivity contribution in [3.05, 3.63) is 35.4 Å². The molecule has 0 amide bonds. The number of ketones is 1. The third-order valence-electron chi connectivity index (χ3n) is 2.84. The fraction of sp³-hybridized carbons (Fsp3) is 0.533. The van der Waals surface area contributed by atoms with Gasteiger partial charge in [0.1, 0.15) is 0 Å². The van der Waals surface area contributed by atoms with Crippen LogP contribution >= 0.6 is 0 Å². The van der Waals surface area contributed by atoms with Gasteiger partial charge in [0.2, 0.25) is 0 Å². The molecule has 3 heteroatoms. The predicted molar refractivity (Wildman–Crippen MR) is 76.1 cm³/mol. The van der Waals surface area contributed by atoms with Crippen LogP contribution in [-0.2, 0) is 0 Å². The number of carbonyl (C=O) groups excluding carboxylic acids is 1. The number of benzene rings is 1. The highest BCUT2D eigenvalue weighted by molar-refractivity contribution is 5.98. The molecule has 0 aliphatic heterocycles. The van der Waals surface area contributed by atoms with Gasteiger partial charge in [0.25, 0.3) is 0 Å². The molecular weight excluding hydrogens is 224 g/mol. The van der Waals surface area contributed by atoms with Crippen molar-refractivity contribution in [3.63, 3.8) is 0 Å². The van der Waals surface area contributed by atoms with Crippen molar-refractivity contribution in [1.29, 1.82) is 0 Å². The Morgan fingerprint density at radius 2 is 1.67 bits per heavy atom. The summed E-state index contributed by atoms with van der Waals surface area (Å²) in [5.74, 6) is 0.262. The summed E-state index contributed by atoms with van der Waals surface area (Å²) in [7, 11) is 8.02. The van der Waals surface area contributed by atoms with E-state index in [1.54, 1.807) is 0 Å². The van der Waals surface area contributed by atoms with Crippen molar-refractivity contribution >= 4 is 5.78 Å². The third-order valence-corrected chi connectivity index (χ3v) is 2.84. The smallest absolute Gasteiger partial charge is 0.168 e. The van der Waals surface area contributed by atoms with E-state index in [1.807, 2.05) is 59.4 Å². The highest BCUT2D eigenvalue weighted by Gasteiger charge is 2.21. The second-order valence-corrected chi connectivity index (χ2v) is 5.46. The third kappa shape index (κ3) is 4.59. The molecule has 0 aromatic heterocycles. The molecule has 0 unspecified atom stereocenters. The molecule has 100 valence electrons. The number of nitrogens with zero attached hydrogens (tertiary/aromatic N) is 2. The summed E-state index contributed by atoms with van der Waals surface area (Å²) in [5, 5.41) is 0. The molecule has 0 spiro atoms. The molecule has 0 saturated heterocycles. The van der Waals surface area contributed by atoms with E-state index in [0.29, 0.717) is 0 Å². The van der Waals surface area contributed by atoms with Gasteiger partial charge in [0, 0.05) is 24.6 Å². The number of hydrogen-bond donors (Lipinski definition) is 0. The van der Waals surface area contributed by atoms with Gasteiger partial charge >= 0.3 is 0 Å². The van der Waals surface area contributed by atoms with Crippen molar-refractivity contribution in [2.75, 3.05) is 41.3 Å². The van der Waals surface area contributed by atoms with Gasteiger partial charge in [0.15, 0.2) is 5.78 Å². The first-order valence-corrected chi connectivity index (χ1v) is 6.30. The number of Topliss-reactive ketones (excluding diaryl/α,β-unsaturated/α-hetero) is 1. The zero-order chi connectivity index (χ0) is 13.7. The van der Waals surface area contributed by atoms with Crippen molar-refractivity contribution < 1.29 is 4.79 Å². The summed E-state index contributed by atoms with van der Waals surface area (Å²) in [6.45, 7) is 3.58. The van der Waals surface area contributed by atoms with Gasteiger partial charge in [-0.3, -0.25) is 4.79 Å². The Bertz CT molecular complexity index is 389. The van der Waals surface area contributed by atoms with Crippen LogP contribution in [0.25, 0.3) is 0 Å². The van der Waals surface area contributed by atoms with Crippen molar-refractivity contribution in [1.82, 2.24) is 9.80 Å². The fourth-order valence-electron chi connectivity index (χ4n) is 2.14. The molecule has 0 saturated carbocycles. The van der Waals surface area contributed by atoms with Crippen LogP contribution in [0.1, 0.15) is 15.9 Å². The minimum Gasteiger partial charge on any atom is -0.309 e. The normalized spacial score (nSPS) is 11.6. The Hall–Kier alpha value is -1.19. The molecule has 0 aliphatic rings. The summed E-state index contributed by atoms with van der Waals surface area (Å²) in [4.78, 5) is 16.7. The number of hydrogen-bond acceptors (Lipinski definition) is 3. The maximum absolute atomic E-state index is 12.5. The quantitative estimate of drug-likeness (QED) is 0.719. The summed E-state index contributed by atoms with van der Waals surface area (Å²) in [6, 6.07) is 7.85. The van der Waals surface area contributed by atoms with E-state index in [0.717, 1.165) is 24.2 Å². The number of aryl methyl sites for hydroxylation is 1. The van der Waals surface area contributed by atoms with Crippen molar-refractivity contribution in [2.45, 2.75) is 6.92 Å². The van der Waals surface area contributed by atoms with Gasteiger partial charge in [-0.25, -0.2) is 0 Å². The van der Waals surface area contributed by atoms with E-state index in [1.165, 1.54) is 0 Å². The van der Waals surface area contributed by atoms with E-state index in [9.17, 15) is 4.79 Å². The molecule has 0 atom stereocenters. The number of carbonyl (C=O) groups is 1. The molecule has 0 fully saturated rings. The minimum absolute atomic E-state index is 0.0248. The highest BCUT2D eigenvalue weighted by Crippen LogP contribution is 2.12. The largest absolute Gasteiger partial charge is 0.309 e. The standard InChI is InChI=1S/C15H24N2O/c1-12-7-6-8-13(9-12)15(18)14(10-16(2)3)11-17(4)5/h6-9,14H,10-11H2,1-5H3. The SMILES string of the molecule is Cc1cccc(C(=O)C(CN(C)C)CN(C)C)c1. The predicted octanol–water partition coefficient (Wildman–Crippen LogP) is 1.92. The molecule has 3 nitrogen and oxygen atoms in total. The van der Waals surface area contributed by atoms with Gasteiger partial charge in [-0.2, -0.15) is 0 Å². The average Bonchev–Trinajstić information content (AvgIpc) is 2.26. The molecular formula is C15H24N2O. The van der Waals surface area contributed by atoms with Gasteiger partial charge in [0.05, 0.1) is 0 Å².